The van der Waals surface area contributed by atoms with Gasteiger partial charge in [-0.1, -0.05) is 12.1 Å². The van der Waals surface area contributed by atoms with Crippen molar-refractivity contribution in [2.24, 2.45) is 0 Å². The average molecular weight is 231 g/mol. The van der Waals surface area contributed by atoms with Gasteiger partial charge in [-0.3, -0.25) is 4.68 Å². The third kappa shape index (κ3) is 2.85. The Morgan fingerprint density at radius 3 is 2.65 bits per heavy atom. The summed E-state index contributed by atoms with van der Waals surface area (Å²) >= 11 is 0. The molecule has 1 heterocycles. The largest absolute Gasteiger partial charge is 0.399 e. The highest BCUT2D eigenvalue weighted by Crippen LogP contribution is 2.19. The minimum Gasteiger partial charge on any atom is -0.399 e. The summed E-state index contributed by atoms with van der Waals surface area (Å²) in [4.78, 5) is 0. The Hall–Kier alpha value is -1.81. The number of ether oxygens (including phenoxy) is 1. The summed E-state index contributed by atoms with van der Waals surface area (Å²) in [5.74, 6) is 0. The molecule has 0 aliphatic heterocycles. The van der Waals surface area contributed by atoms with Crippen LogP contribution in [0.5, 0.6) is 0 Å². The number of hydrogen-bond acceptors (Lipinski definition) is 3. The smallest absolute Gasteiger partial charge is 0.0739 e. The van der Waals surface area contributed by atoms with Crippen LogP contribution in [0.2, 0.25) is 0 Å². The van der Waals surface area contributed by atoms with Crippen molar-refractivity contribution in [3.63, 3.8) is 0 Å². The number of anilines is 1. The van der Waals surface area contributed by atoms with Crippen LogP contribution in [0.25, 0.3) is 11.1 Å². The predicted molar refractivity (Wildman–Crippen MR) is 68.5 cm³/mol. The summed E-state index contributed by atoms with van der Waals surface area (Å²) in [5.41, 5.74) is 8.64. The molecular weight excluding hydrogens is 214 g/mol. The molecule has 17 heavy (non-hydrogen) atoms. The van der Waals surface area contributed by atoms with E-state index in [-0.39, 0.29) is 6.10 Å². The monoisotopic (exact) mass is 231 g/mol. The third-order valence-electron chi connectivity index (χ3n) is 2.72. The molecule has 4 heteroatoms. The number of benzene rings is 1. The lowest BCUT2D eigenvalue weighted by molar-refractivity contribution is 0.0998. The van der Waals surface area contributed by atoms with E-state index in [2.05, 4.69) is 5.10 Å². The summed E-state index contributed by atoms with van der Waals surface area (Å²) in [6, 6.07) is 7.78. The van der Waals surface area contributed by atoms with Crippen molar-refractivity contribution < 1.29 is 4.74 Å². The first-order chi connectivity index (χ1) is 8.19. The summed E-state index contributed by atoms with van der Waals surface area (Å²) in [5, 5.41) is 4.31. The first kappa shape index (κ1) is 11.7. The van der Waals surface area contributed by atoms with Gasteiger partial charge in [-0.25, -0.2) is 0 Å². The van der Waals surface area contributed by atoms with Crippen LogP contribution in [-0.2, 0) is 11.3 Å². The van der Waals surface area contributed by atoms with Gasteiger partial charge in [0, 0.05) is 24.6 Å². The van der Waals surface area contributed by atoms with E-state index in [1.54, 1.807) is 7.11 Å². The minimum absolute atomic E-state index is 0.161. The fourth-order valence-electron chi connectivity index (χ4n) is 1.63. The molecule has 0 aliphatic rings. The zero-order valence-electron chi connectivity index (χ0n) is 10.1. The maximum Gasteiger partial charge on any atom is 0.0739 e. The van der Waals surface area contributed by atoms with Crippen LogP contribution < -0.4 is 5.73 Å². The van der Waals surface area contributed by atoms with Crippen molar-refractivity contribution in [1.82, 2.24) is 9.78 Å². The number of methoxy groups -OCH3 is 1. The lowest BCUT2D eigenvalue weighted by atomic mass is 10.1. The minimum atomic E-state index is 0.161. The molecule has 0 saturated heterocycles. The van der Waals surface area contributed by atoms with Crippen molar-refractivity contribution in [2.75, 3.05) is 12.8 Å². The third-order valence-corrected chi connectivity index (χ3v) is 2.72. The second-order valence-electron chi connectivity index (χ2n) is 4.12. The van der Waals surface area contributed by atoms with E-state index in [1.807, 2.05) is 48.3 Å². The number of nitrogens with two attached hydrogens (primary N) is 1. The van der Waals surface area contributed by atoms with E-state index < -0.39 is 0 Å². The van der Waals surface area contributed by atoms with Gasteiger partial charge in [0.1, 0.15) is 0 Å². The summed E-state index contributed by atoms with van der Waals surface area (Å²) < 4.78 is 7.10. The van der Waals surface area contributed by atoms with Crippen LogP contribution >= 0.6 is 0 Å². The molecule has 0 saturated carbocycles. The van der Waals surface area contributed by atoms with Crippen molar-refractivity contribution >= 4 is 5.69 Å². The zero-order valence-corrected chi connectivity index (χ0v) is 10.1. The highest BCUT2D eigenvalue weighted by molar-refractivity contribution is 5.63. The van der Waals surface area contributed by atoms with Gasteiger partial charge in [0.25, 0.3) is 0 Å². The van der Waals surface area contributed by atoms with Gasteiger partial charge >= 0.3 is 0 Å². The quantitative estimate of drug-likeness (QED) is 0.820. The Labute approximate surface area is 101 Å². The van der Waals surface area contributed by atoms with Gasteiger partial charge in [0.2, 0.25) is 0 Å². The van der Waals surface area contributed by atoms with Crippen molar-refractivity contribution in [3.05, 3.63) is 36.7 Å². The standard InChI is InChI=1S/C13H17N3O/c1-10(17-2)8-16-9-12(7-15-16)11-3-5-13(14)6-4-11/h3-7,9-10H,8,14H2,1-2H3. The van der Waals surface area contributed by atoms with Crippen LogP contribution in [-0.4, -0.2) is 23.0 Å². The molecule has 4 nitrogen and oxygen atoms in total. The van der Waals surface area contributed by atoms with E-state index >= 15 is 0 Å². The Bertz CT molecular complexity index is 476. The maximum atomic E-state index is 5.66. The Morgan fingerprint density at radius 1 is 1.29 bits per heavy atom. The second kappa shape index (κ2) is 5.01. The molecule has 1 unspecified atom stereocenters. The topological polar surface area (TPSA) is 53.1 Å². The Morgan fingerprint density at radius 2 is 2.00 bits per heavy atom. The van der Waals surface area contributed by atoms with Gasteiger partial charge < -0.3 is 10.5 Å². The molecule has 0 spiro atoms. The number of aromatic nitrogens is 2. The van der Waals surface area contributed by atoms with E-state index in [9.17, 15) is 0 Å². The molecule has 1 aromatic carbocycles. The van der Waals surface area contributed by atoms with Gasteiger partial charge in [-0.15, -0.1) is 0 Å². The molecule has 90 valence electrons. The maximum absolute atomic E-state index is 5.66. The normalized spacial score (nSPS) is 12.6. The molecular formula is C13H17N3O. The van der Waals surface area contributed by atoms with E-state index in [4.69, 9.17) is 10.5 Å². The lowest BCUT2D eigenvalue weighted by Crippen LogP contribution is -2.14. The van der Waals surface area contributed by atoms with Crippen LogP contribution in [0.3, 0.4) is 0 Å². The highest BCUT2D eigenvalue weighted by Gasteiger charge is 2.04. The van der Waals surface area contributed by atoms with Crippen LogP contribution in [0.1, 0.15) is 6.92 Å². The zero-order chi connectivity index (χ0) is 12.3. The average Bonchev–Trinajstić information content (AvgIpc) is 2.78. The van der Waals surface area contributed by atoms with Gasteiger partial charge in [-0.05, 0) is 24.6 Å². The first-order valence-corrected chi connectivity index (χ1v) is 5.60. The fourth-order valence-corrected chi connectivity index (χ4v) is 1.63. The SMILES string of the molecule is COC(C)Cn1cc(-c2ccc(N)cc2)cn1. The molecule has 0 aliphatic carbocycles. The number of rotatable bonds is 4. The molecule has 0 bridgehead atoms. The lowest BCUT2D eigenvalue weighted by Gasteiger charge is -2.08. The second-order valence-corrected chi connectivity index (χ2v) is 4.12. The van der Waals surface area contributed by atoms with Crippen LogP contribution in [0.4, 0.5) is 5.69 Å². The summed E-state index contributed by atoms with van der Waals surface area (Å²) in [6.45, 7) is 2.77. The molecule has 1 aromatic heterocycles. The van der Waals surface area contributed by atoms with E-state index in [0.717, 1.165) is 23.4 Å². The summed E-state index contributed by atoms with van der Waals surface area (Å²) in [7, 11) is 1.70. The number of nitrogens with zero attached hydrogens (tertiary/aromatic N) is 2. The summed E-state index contributed by atoms with van der Waals surface area (Å²) in [6.07, 6.45) is 4.03. The molecule has 0 amide bonds. The van der Waals surface area contributed by atoms with Crippen molar-refractivity contribution in [2.45, 2.75) is 19.6 Å². The first-order valence-electron chi connectivity index (χ1n) is 5.60. The molecule has 1 atom stereocenters. The molecule has 0 radical (unpaired) electrons. The molecule has 2 aromatic rings. The highest BCUT2D eigenvalue weighted by atomic mass is 16.5. The number of hydrogen-bond donors (Lipinski definition) is 1. The van der Waals surface area contributed by atoms with Crippen molar-refractivity contribution in [1.29, 1.82) is 0 Å². The van der Waals surface area contributed by atoms with Gasteiger partial charge in [0.15, 0.2) is 0 Å². The Kier molecular flexibility index (Phi) is 3.44. The molecule has 0 fully saturated rings. The van der Waals surface area contributed by atoms with Gasteiger partial charge in [0.05, 0.1) is 18.8 Å². The molecule has 2 rings (SSSR count). The number of nitrogen functional groups attached to an aromatic ring is 1. The Balaban J connectivity index is 2.15. The van der Waals surface area contributed by atoms with Crippen LogP contribution in [0.15, 0.2) is 36.7 Å². The molecule has 2 N–H and O–H groups in total. The van der Waals surface area contributed by atoms with Crippen LogP contribution in [0, 0.1) is 0 Å². The van der Waals surface area contributed by atoms with E-state index in [1.165, 1.54) is 0 Å². The fraction of sp³-hybridized carbons (Fsp3) is 0.308. The van der Waals surface area contributed by atoms with E-state index in [0.29, 0.717) is 0 Å². The predicted octanol–water partition coefficient (Wildman–Crippen LogP) is 2.17. The van der Waals surface area contributed by atoms with Crippen molar-refractivity contribution in [3.8, 4) is 11.1 Å². The van der Waals surface area contributed by atoms with Gasteiger partial charge in [-0.2, -0.15) is 5.10 Å².